The van der Waals surface area contributed by atoms with Gasteiger partial charge in [0.05, 0.1) is 34.6 Å². The molecule has 0 saturated carbocycles. The Labute approximate surface area is 185 Å². The number of ether oxygens (including phenoxy) is 1. The number of aliphatic hydroxyl groups excluding tert-OH is 1. The van der Waals surface area contributed by atoms with Crippen molar-refractivity contribution in [2.24, 2.45) is 0 Å². The van der Waals surface area contributed by atoms with E-state index in [1.54, 1.807) is 24.4 Å². The first-order valence-corrected chi connectivity index (χ1v) is 10.6. The molecule has 1 aliphatic heterocycles. The van der Waals surface area contributed by atoms with E-state index in [1.165, 1.54) is 0 Å². The topological polar surface area (TPSA) is 78.7 Å². The molecule has 0 radical (unpaired) electrons. The monoisotopic (exact) mass is 447 g/mol. The number of nitrogens with zero attached hydrogens (tertiary/aromatic N) is 3. The standard InChI is InChI=1S/C22H23Cl2N3O3/c23-15-5-6-19(16(24)13-15)30-12-7-21(28)27-10-8-22(29,9-11-27)20-14-25-17-3-1-2-4-18(17)26-20/h1-6,13-14,21,28-29H,7-12H2. The van der Waals surface area contributed by atoms with E-state index in [2.05, 4.69) is 9.97 Å². The van der Waals surface area contributed by atoms with Gasteiger partial charge in [0, 0.05) is 24.5 Å². The molecule has 4 rings (SSSR count). The molecule has 1 aliphatic rings. The van der Waals surface area contributed by atoms with Gasteiger partial charge in [-0.3, -0.25) is 9.88 Å². The van der Waals surface area contributed by atoms with E-state index in [1.807, 2.05) is 29.2 Å². The quantitative estimate of drug-likeness (QED) is 0.594. The fourth-order valence-electron chi connectivity index (χ4n) is 3.68. The number of piperidine rings is 1. The summed E-state index contributed by atoms with van der Waals surface area (Å²) in [6, 6.07) is 12.6. The zero-order valence-corrected chi connectivity index (χ0v) is 17.9. The molecule has 1 aromatic heterocycles. The summed E-state index contributed by atoms with van der Waals surface area (Å²) in [4.78, 5) is 11.0. The van der Waals surface area contributed by atoms with Crippen molar-refractivity contribution in [3.05, 3.63) is 64.4 Å². The molecule has 0 spiro atoms. The van der Waals surface area contributed by atoms with Gasteiger partial charge in [0.25, 0.3) is 0 Å². The molecule has 3 aromatic rings. The third kappa shape index (κ3) is 4.68. The minimum Gasteiger partial charge on any atom is -0.492 e. The predicted molar refractivity (Wildman–Crippen MR) is 117 cm³/mol. The summed E-state index contributed by atoms with van der Waals surface area (Å²) in [5.41, 5.74) is 1.11. The number of para-hydroxylation sites is 2. The molecule has 0 amide bonds. The normalized spacial score (nSPS) is 17.7. The summed E-state index contributed by atoms with van der Waals surface area (Å²) in [6.07, 6.45) is 2.36. The van der Waals surface area contributed by atoms with Gasteiger partial charge in [0.15, 0.2) is 0 Å². The highest BCUT2D eigenvalue weighted by atomic mass is 35.5. The number of hydrogen-bond acceptors (Lipinski definition) is 6. The summed E-state index contributed by atoms with van der Waals surface area (Å²) >= 11 is 12.0. The summed E-state index contributed by atoms with van der Waals surface area (Å²) in [6.45, 7) is 1.42. The van der Waals surface area contributed by atoms with Crippen LogP contribution in [0.5, 0.6) is 5.75 Å². The fourth-order valence-corrected chi connectivity index (χ4v) is 4.14. The molecule has 8 heteroatoms. The first kappa shape index (κ1) is 21.3. The fraction of sp³-hybridized carbons (Fsp3) is 0.364. The summed E-state index contributed by atoms with van der Waals surface area (Å²) in [7, 11) is 0. The molecular formula is C22H23Cl2N3O3. The van der Waals surface area contributed by atoms with Crippen molar-refractivity contribution in [2.75, 3.05) is 19.7 Å². The molecule has 1 saturated heterocycles. The zero-order valence-electron chi connectivity index (χ0n) is 16.3. The summed E-state index contributed by atoms with van der Waals surface area (Å²) in [5, 5.41) is 22.6. The zero-order chi connectivity index (χ0) is 21.1. The maximum atomic E-state index is 11.1. The smallest absolute Gasteiger partial charge is 0.137 e. The van der Waals surface area contributed by atoms with Crippen molar-refractivity contribution in [1.82, 2.24) is 14.9 Å². The molecule has 2 heterocycles. The van der Waals surface area contributed by atoms with Gasteiger partial charge in [-0.2, -0.15) is 0 Å². The van der Waals surface area contributed by atoms with Crippen LogP contribution in [-0.4, -0.2) is 51.0 Å². The lowest BCUT2D eigenvalue weighted by atomic mass is 9.88. The van der Waals surface area contributed by atoms with Gasteiger partial charge < -0.3 is 14.9 Å². The Balaban J connectivity index is 1.31. The second kappa shape index (κ2) is 9.04. The first-order chi connectivity index (χ1) is 14.4. The van der Waals surface area contributed by atoms with Gasteiger partial charge >= 0.3 is 0 Å². The SMILES string of the molecule is OC(CCOc1ccc(Cl)cc1Cl)N1CCC(O)(c2cnc3ccccc3n2)CC1. The van der Waals surface area contributed by atoms with Gasteiger partial charge in [0.1, 0.15) is 17.6 Å². The summed E-state index contributed by atoms with van der Waals surface area (Å²) in [5.74, 6) is 0.538. The third-order valence-electron chi connectivity index (χ3n) is 5.50. The van der Waals surface area contributed by atoms with Crippen LogP contribution in [0.2, 0.25) is 10.0 Å². The maximum absolute atomic E-state index is 11.1. The molecule has 2 N–H and O–H groups in total. The average Bonchev–Trinajstić information content (AvgIpc) is 2.75. The van der Waals surface area contributed by atoms with Crippen LogP contribution in [0.4, 0.5) is 0 Å². The lowest BCUT2D eigenvalue weighted by Gasteiger charge is -2.39. The van der Waals surface area contributed by atoms with Crippen LogP contribution >= 0.6 is 23.2 Å². The summed E-state index contributed by atoms with van der Waals surface area (Å²) < 4.78 is 5.66. The van der Waals surface area contributed by atoms with E-state index >= 15 is 0 Å². The Bertz CT molecular complexity index is 1030. The van der Waals surface area contributed by atoms with Crippen LogP contribution in [0.15, 0.2) is 48.7 Å². The van der Waals surface area contributed by atoms with Crippen LogP contribution in [-0.2, 0) is 5.60 Å². The molecule has 0 aliphatic carbocycles. The van der Waals surface area contributed by atoms with Gasteiger partial charge in [-0.05, 0) is 43.2 Å². The minimum atomic E-state index is -1.04. The molecule has 6 nitrogen and oxygen atoms in total. The van der Waals surface area contributed by atoms with Crippen molar-refractivity contribution < 1.29 is 14.9 Å². The van der Waals surface area contributed by atoms with E-state index in [0.717, 1.165) is 11.0 Å². The lowest BCUT2D eigenvalue weighted by molar-refractivity contribution is -0.0836. The van der Waals surface area contributed by atoms with Crippen molar-refractivity contribution in [1.29, 1.82) is 0 Å². The van der Waals surface area contributed by atoms with Gasteiger partial charge in [0.2, 0.25) is 0 Å². The lowest BCUT2D eigenvalue weighted by Crippen LogP contribution is -2.47. The van der Waals surface area contributed by atoms with E-state index < -0.39 is 11.8 Å². The molecule has 1 unspecified atom stereocenters. The number of rotatable bonds is 6. The number of fused-ring (bicyclic) bond motifs is 1. The molecule has 0 bridgehead atoms. The maximum Gasteiger partial charge on any atom is 0.137 e. The van der Waals surface area contributed by atoms with Crippen molar-refractivity contribution in [3.8, 4) is 5.75 Å². The molecule has 1 atom stereocenters. The number of aromatic nitrogens is 2. The van der Waals surface area contributed by atoms with Gasteiger partial charge in [-0.25, -0.2) is 4.98 Å². The number of hydrogen-bond donors (Lipinski definition) is 2. The number of aliphatic hydroxyl groups is 2. The van der Waals surface area contributed by atoms with Crippen LogP contribution < -0.4 is 4.74 Å². The Morgan fingerprint density at radius 1 is 1.10 bits per heavy atom. The second-order valence-corrected chi connectivity index (χ2v) is 8.35. The van der Waals surface area contributed by atoms with Gasteiger partial charge in [-0.15, -0.1) is 0 Å². The van der Waals surface area contributed by atoms with E-state index in [4.69, 9.17) is 27.9 Å². The Kier molecular flexibility index (Phi) is 6.41. The number of halogens is 2. The first-order valence-electron chi connectivity index (χ1n) is 9.89. The molecule has 158 valence electrons. The van der Waals surface area contributed by atoms with Crippen molar-refractivity contribution >= 4 is 34.2 Å². The Hall–Kier alpha value is -1.96. The number of likely N-dealkylation sites (tertiary alicyclic amines) is 1. The van der Waals surface area contributed by atoms with Crippen LogP contribution in [0.1, 0.15) is 25.0 Å². The van der Waals surface area contributed by atoms with Crippen molar-refractivity contribution in [3.63, 3.8) is 0 Å². The third-order valence-corrected chi connectivity index (χ3v) is 6.03. The highest BCUT2D eigenvalue weighted by Crippen LogP contribution is 2.33. The van der Waals surface area contributed by atoms with Gasteiger partial charge in [-0.1, -0.05) is 35.3 Å². The highest BCUT2D eigenvalue weighted by Gasteiger charge is 2.37. The van der Waals surface area contributed by atoms with E-state index in [-0.39, 0.29) is 0 Å². The highest BCUT2D eigenvalue weighted by molar-refractivity contribution is 6.35. The molecule has 1 fully saturated rings. The second-order valence-electron chi connectivity index (χ2n) is 7.50. The predicted octanol–water partition coefficient (Wildman–Crippen LogP) is 4.01. The van der Waals surface area contributed by atoms with Crippen LogP contribution in [0.3, 0.4) is 0 Å². The number of benzene rings is 2. The molecular weight excluding hydrogens is 425 g/mol. The minimum absolute atomic E-state index is 0.319. The molecule has 30 heavy (non-hydrogen) atoms. The largest absolute Gasteiger partial charge is 0.492 e. The Morgan fingerprint density at radius 3 is 2.57 bits per heavy atom. The van der Waals surface area contributed by atoms with Crippen LogP contribution in [0, 0.1) is 0 Å². The van der Waals surface area contributed by atoms with Crippen LogP contribution in [0.25, 0.3) is 11.0 Å². The average molecular weight is 448 g/mol. The molecule has 2 aromatic carbocycles. The Morgan fingerprint density at radius 2 is 1.83 bits per heavy atom. The van der Waals surface area contributed by atoms with Crippen molar-refractivity contribution in [2.45, 2.75) is 31.1 Å². The van der Waals surface area contributed by atoms with E-state index in [0.29, 0.717) is 60.4 Å². The van der Waals surface area contributed by atoms with E-state index in [9.17, 15) is 10.2 Å².